The lowest BCUT2D eigenvalue weighted by Crippen LogP contribution is -2.26. The van der Waals surface area contributed by atoms with Crippen molar-refractivity contribution in [3.63, 3.8) is 0 Å². The van der Waals surface area contributed by atoms with E-state index in [-0.39, 0.29) is 5.91 Å². The summed E-state index contributed by atoms with van der Waals surface area (Å²) in [5, 5.41) is 6.22. The summed E-state index contributed by atoms with van der Waals surface area (Å²) in [5.74, 6) is 0.478. The van der Waals surface area contributed by atoms with Gasteiger partial charge in [0.2, 0.25) is 5.95 Å². The van der Waals surface area contributed by atoms with Gasteiger partial charge in [-0.2, -0.15) is 0 Å². The van der Waals surface area contributed by atoms with Crippen LogP contribution in [0.5, 0.6) is 0 Å². The number of nitrogens with one attached hydrogen (secondary N) is 2. The molecule has 0 bridgehead atoms. The van der Waals surface area contributed by atoms with Gasteiger partial charge < -0.3 is 10.6 Å². The number of anilines is 1. The summed E-state index contributed by atoms with van der Waals surface area (Å²) in [6, 6.07) is 10.6. The van der Waals surface area contributed by atoms with Gasteiger partial charge in [0, 0.05) is 25.0 Å². The van der Waals surface area contributed by atoms with Crippen LogP contribution in [0.1, 0.15) is 41.6 Å². The first-order valence-corrected chi connectivity index (χ1v) is 8.22. The predicted octanol–water partition coefficient (Wildman–Crippen LogP) is 2.80. The maximum atomic E-state index is 12.1. The molecule has 2 aromatic rings. The molecule has 2 N–H and O–H groups in total. The second-order valence-corrected chi connectivity index (χ2v) is 5.91. The maximum Gasteiger partial charge on any atom is 0.254 e. The molecule has 0 radical (unpaired) electrons. The van der Waals surface area contributed by atoms with E-state index in [0.29, 0.717) is 24.1 Å². The van der Waals surface area contributed by atoms with Gasteiger partial charge in [-0.3, -0.25) is 4.79 Å². The van der Waals surface area contributed by atoms with Crippen LogP contribution in [0.4, 0.5) is 5.95 Å². The minimum atomic E-state index is -0.131. The number of hydrogen-bond donors (Lipinski definition) is 2. The van der Waals surface area contributed by atoms with Gasteiger partial charge >= 0.3 is 0 Å². The second-order valence-electron chi connectivity index (χ2n) is 5.91. The van der Waals surface area contributed by atoms with E-state index >= 15 is 0 Å². The molecular formula is C18H22N4O. The number of amides is 1. The highest BCUT2D eigenvalue weighted by Crippen LogP contribution is 2.20. The Morgan fingerprint density at radius 3 is 2.48 bits per heavy atom. The van der Waals surface area contributed by atoms with Gasteiger partial charge in [-0.15, -0.1) is 0 Å². The van der Waals surface area contributed by atoms with Crippen LogP contribution < -0.4 is 10.6 Å². The fourth-order valence-corrected chi connectivity index (χ4v) is 2.84. The smallest absolute Gasteiger partial charge is 0.254 e. The molecule has 0 unspecified atom stereocenters. The maximum absolute atomic E-state index is 12.1. The van der Waals surface area contributed by atoms with Crippen LogP contribution in [0.15, 0.2) is 42.7 Å². The lowest BCUT2D eigenvalue weighted by atomic mass is 10.1. The third kappa shape index (κ3) is 4.52. The molecule has 0 aliphatic heterocycles. The van der Waals surface area contributed by atoms with Gasteiger partial charge in [-0.05, 0) is 24.8 Å². The summed E-state index contributed by atoms with van der Waals surface area (Å²) in [6.07, 6.45) is 8.86. The number of rotatable bonds is 6. The Bertz CT molecular complexity index is 621. The average molecular weight is 310 g/mol. The summed E-state index contributed by atoms with van der Waals surface area (Å²) in [7, 11) is 0. The highest BCUT2D eigenvalue weighted by atomic mass is 16.1. The van der Waals surface area contributed by atoms with Gasteiger partial charge in [0.05, 0.1) is 5.56 Å². The summed E-state index contributed by atoms with van der Waals surface area (Å²) in [6.45, 7) is 0.602. The predicted molar refractivity (Wildman–Crippen MR) is 90.4 cm³/mol. The number of carbonyl (C=O) groups is 1. The van der Waals surface area contributed by atoms with E-state index in [0.717, 1.165) is 6.42 Å². The van der Waals surface area contributed by atoms with Gasteiger partial charge in [-0.25, -0.2) is 9.97 Å². The van der Waals surface area contributed by atoms with Crippen LogP contribution in [0.25, 0.3) is 0 Å². The number of aromatic nitrogens is 2. The van der Waals surface area contributed by atoms with Crippen molar-refractivity contribution >= 4 is 11.9 Å². The van der Waals surface area contributed by atoms with Crippen molar-refractivity contribution in [2.75, 3.05) is 11.9 Å². The Balaban J connectivity index is 1.47. The quantitative estimate of drug-likeness (QED) is 0.861. The van der Waals surface area contributed by atoms with Crippen LogP contribution in [0.2, 0.25) is 0 Å². The average Bonchev–Trinajstić information content (AvgIpc) is 3.09. The van der Waals surface area contributed by atoms with Crippen molar-refractivity contribution in [2.45, 2.75) is 38.1 Å². The topological polar surface area (TPSA) is 66.9 Å². The van der Waals surface area contributed by atoms with E-state index in [1.54, 1.807) is 12.4 Å². The molecule has 3 rings (SSSR count). The van der Waals surface area contributed by atoms with E-state index in [4.69, 9.17) is 0 Å². The molecule has 0 atom stereocenters. The first-order valence-electron chi connectivity index (χ1n) is 8.22. The first kappa shape index (κ1) is 15.5. The van der Waals surface area contributed by atoms with Crippen LogP contribution in [0, 0.1) is 0 Å². The Labute approximate surface area is 136 Å². The Morgan fingerprint density at radius 2 is 1.78 bits per heavy atom. The Kier molecular flexibility index (Phi) is 5.19. The lowest BCUT2D eigenvalue weighted by Gasteiger charge is -2.11. The van der Waals surface area contributed by atoms with E-state index < -0.39 is 0 Å². The number of benzene rings is 1. The molecule has 1 aromatic heterocycles. The monoisotopic (exact) mass is 310 g/mol. The normalized spacial score (nSPS) is 14.6. The minimum Gasteiger partial charge on any atom is -0.352 e. The van der Waals surface area contributed by atoms with E-state index in [1.807, 2.05) is 18.2 Å². The Morgan fingerprint density at radius 1 is 1.09 bits per heavy atom. The molecule has 5 nitrogen and oxygen atoms in total. The van der Waals surface area contributed by atoms with Gasteiger partial charge in [-0.1, -0.05) is 43.2 Å². The molecule has 1 aliphatic rings. The molecular weight excluding hydrogens is 288 g/mol. The fourth-order valence-electron chi connectivity index (χ4n) is 2.84. The molecule has 1 aromatic carbocycles. The number of hydrogen-bond acceptors (Lipinski definition) is 4. The summed E-state index contributed by atoms with van der Waals surface area (Å²) >= 11 is 0. The molecule has 1 heterocycles. The summed E-state index contributed by atoms with van der Waals surface area (Å²) in [4.78, 5) is 20.6. The van der Waals surface area contributed by atoms with Crippen molar-refractivity contribution in [2.24, 2.45) is 0 Å². The molecule has 120 valence electrons. The van der Waals surface area contributed by atoms with Gasteiger partial charge in [0.1, 0.15) is 0 Å². The fraction of sp³-hybridized carbons (Fsp3) is 0.389. The zero-order chi connectivity index (χ0) is 15.9. The van der Waals surface area contributed by atoms with Crippen LogP contribution in [-0.4, -0.2) is 28.5 Å². The number of carbonyl (C=O) groups excluding carboxylic acids is 1. The highest BCUT2D eigenvalue weighted by Gasteiger charge is 2.15. The molecule has 1 fully saturated rings. The molecule has 23 heavy (non-hydrogen) atoms. The van der Waals surface area contributed by atoms with Gasteiger partial charge in [0.25, 0.3) is 5.91 Å². The van der Waals surface area contributed by atoms with E-state index in [2.05, 4.69) is 32.7 Å². The zero-order valence-corrected chi connectivity index (χ0v) is 13.2. The van der Waals surface area contributed by atoms with Crippen molar-refractivity contribution in [1.29, 1.82) is 0 Å². The van der Waals surface area contributed by atoms with E-state index in [9.17, 15) is 4.79 Å². The molecule has 1 saturated carbocycles. The van der Waals surface area contributed by atoms with Crippen molar-refractivity contribution in [3.8, 4) is 0 Å². The van der Waals surface area contributed by atoms with Crippen LogP contribution in [-0.2, 0) is 6.42 Å². The van der Waals surface area contributed by atoms with Gasteiger partial charge in [0.15, 0.2) is 0 Å². The molecule has 0 spiro atoms. The minimum absolute atomic E-state index is 0.131. The summed E-state index contributed by atoms with van der Waals surface area (Å²) < 4.78 is 0. The highest BCUT2D eigenvalue weighted by molar-refractivity contribution is 5.93. The van der Waals surface area contributed by atoms with Crippen molar-refractivity contribution in [1.82, 2.24) is 15.3 Å². The zero-order valence-electron chi connectivity index (χ0n) is 13.2. The molecule has 0 saturated heterocycles. The second kappa shape index (κ2) is 7.72. The summed E-state index contributed by atoms with van der Waals surface area (Å²) in [5.41, 5.74) is 1.70. The van der Waals surface area contributed by atoms with Crippen LogP contribution in [0.3, 0.4) is 0 Å². The third-order valence-electron chi connectivity index (χ3n) is 4.14. The largest absolute Gasteiger partial charge is 0.352 e. The van der Waals surface area contributed by atoms with Crippen molar-refractivity contribution in [3.05, 3.63) is 53.9 Å². The Hall–Kier alpha value is -2.43. The molecule has 5 heteroatoms. The lowest BCUT2D eigenvalue weighted by molar-refractivity contribution is 0.0953. The third-order valence-corrected chi connectivity index (χ3v) is 4.14. The van der Waals surface area contributed by atoms with Crippen molar-refractivity contribution < 1.29 is 4.79 Å². The molecule has 1 amide bonds. The van der Waals surface area contributed by atoms with Crippen LogP contribution >= 0.6 is 0 Å². The van der Waals surface area contributed by atoms with E-state index in [1.165, 1.54) is 31.2 Å². The molecule has 1 aliphatic carbocycles. The first-order chi connectivity index (χ1) is 11.3. The number of nitrogens with zero attached hydrogens (tertiary/aromatic N) is 2. The standard InChI is InChI=1S/C18H22N4O/c23-17(19-11-10-14-6-2-1-3-7-14)15-12-20-18(21-13-15)22-16-8-4-5-9-16/h1-3,6-7,12-13,16H,4-5,8-11H2,(H,19,23)(H,20,21,22). The SMILES string of the molecule is O=C(NCCc1ccccc1)c1cnc(NC2CCCC2)nc1.